The van der Waals surface area contributed by atoms with Crippen LogP contribution in [0.2, 0.25) is 0 Å². The molecule has 4 amide bonds. The standard InChI is InChI=1S/C28H50N4O7/c1-9-19(4)26(31(6)24(35)15-18(2)3)22(38-7)16-25(36)32-13-10-11-21(32)27(39-8)20(5)28(37)30-17-23(34)29-12-14-33/h14,18-22,26-27H,9-13,15-17H2,1-8H3,(H,29,34)(H,30,37). The van der Waals surface area contributed by atoms with E-state index < -0.39 is 24.0 Å². The van der Waals surface area contributed by atoms with Gasteiger partial charge in [-0.15, -0.1) is 0 Å². The maximum atomic E-state index is 13.6. The third-order valence-electron chi connectivity index (χ3n) is 7.69. The Kier molecular flexibility index (Phi) is 15.2. The van der Waals surface area contributed by atoms with Crippen molar-refractivity contribution in [2.45, 2.75) is 91.0 Å². The van der Waals surface area contributed by atoms with E-state index in [0.29, 0.717) is 25.7 Å². The van der Waals surface area contributed by atoms with Gasteiger partial charge in [-0.1, -0.05) is 41.0 Å². The smallest absolute Gasteiger partial charge is 0.239 e. The maximum Gasteiger partial charge on any atom is 0.239 e. The van der Waals surface area contributed by atoms with Crippen molar-refractivity contribution >= 4 is 29.9 Å². The molecule has 11 nitrogen and oxygen atoms in total. The summed E-state index contributed by atoms with van der Waals surface area (Å²) in [5, 5.41) is 4.95. The molecule has 1 heterocycles. The molecule has 224 valence electrons. The van der Waals surface area contributed by atoms with E-state index in [2.05, 4.69) is 24.5 Å². The van der Waals surface area contributed by atoms with Crippen LogP contribution in [0.5, 0.6) is 0 Å². The minimum Gasteiger partial charge on any atom is -0.379 e. The fraction of sp³-hybridized carbons (Fsp3) is 0.821. The lowest BCUT2D eigenvalue weighted by Crippen LogP contribution is -2.53. The second-order valence-corrected chi connectivity index (χ2v) is 10.9. The molecule has 39 heavy (non-hydrogen) atoms. The number of ether oxygens (including phenoxy) is 2. The summed E-state index contributed by atoms with van der Waals surface area (Å²) in [6, 6.07) is -0.573. The minimum atomic E-state index is -0.627. The number of carbonyl (C=O) groups is 5. The minimum absolute atomic E-state index is 0.0305. The molecule has 6 atom stereocenters. The molecule has 1 aliphatic rings. The molecule has 0 aromatic heterocycles. The van der Waals surface area contributed by atoms with E-state index in [1.54, 1.807) is 30.9 Å². The Morgan fingerprint density at radius 1 is 1.05 bits per heavy atom. The molecule has 11 heteroatoms. The SMILES string of the molecule is CCC(C)C(C(CC(=O)N1CCCC1C(OC)C(C)C(=O)NCC(=O)NCC=O)OC)N(C)C(=O)CC(C)C. The molecule has 0 aromatic carbocycles. The number of aldehydes is 1. The second kappa shape index (κ2) is 17.2. The summed E-state index contributed by atoms with van der Waals surface area (Å²) < 4.78 is 11.6. The number of carbonyl (C=O) groups excluding carboxylic acids is 5. The fourth-order valence-corrected chi connectivity index (χ4v) is 5.37. The van der Waals surface area contributed by atoms with Crippen molar-refractivity contribution in [2.24, 2.45) is 17.8 Å². The molecule has 1 rings (SSSR count). The topological polar surface area (TPSA) is 134 Å². The van der Waals surface area contributed by atoms with E-state index in [-0.39, 0.29) is 61.2 Å². The molecule has 1 aliphatic heterocycles. The highest BCUT2D eigenvalue weighted by atomic mass is 16.5. The highest BCUT2D eigenvalue weighted by molar-refractivity contribution is 5.87. The molecule has 2 N–H and O–H groups in total. The molecular formula is C28H50N4O7. The van der Waals surface area contributed by atoms with E-state index in [4.69, 9.17) is 9.47 Å². The number of nitrogens with one attached hydrogen (secondary N) is 2. The van der Waals surface area contributed by atoms with Crippen LogP contribution in [-0.4, -0.2) is 105 Å². The molecule has 1 saturated heterocycles. The van der Waals surface area contributed by atoms with Gasteiger partial charge in [0, 0.05) is 34.2 Å². The van der Waals surface area contributed by atoms with Crippen LogP contribution in [0, 0.1) is 17.8 Å². The molecule has 1 fully saturated rings. The number of nitrogens with zero attached hydrogens (tertiary/aromatic N) is 2. The Bertz CT molecular complexity index is 822. The largest absolute Gasteiger partial charge is 0.379 e. The highest BCUT2D eigenvalue weighted by Crippen LogP contribution is 2.29. The van der Waals surface area contributed by atoms with Crippen LogP contribution in [0.3, 0.4) is 0 Å². The number of rotatable bonds is 17. The molecule has 0 bridgehead atoms. The zero-order chi connectivity index (χ0) is 29.7. The summed E-state index contributed by atoms with van der Waals surface area (Å²) in [7, 11) is 4.88. The van der Waals surface area contributed by atoms with E-state index in [1.807, 2.05) is 13.8 Å². The zero-order valence-corrected chi connectivity index (χ0v) is 25.0. The van der Waals surface area contributed by atoms with Gasteiger partial charge in [0.25, 0.3) is 0 Å². The lowest BCUT2D eigenvalue weighted by Gasteiger charge is -2.39. The van der Waals surface area contributed by atoms with Gasteiger partial charge in [-0.25, -0.2) is 0 Å². The van der Waals surface area contributed by atoms with Gasteiger partial charge in [0.15, 0.2) is 0 Å². The number of methoxy groups -OCH3 is 2. The monoisotopic (exact) mass is 554 g/mol. The van der Waals surface area contributed by atoms with Gasteiger partial charge in [0.05, 0.1) is 49.7 Å². The molecule has 0 aliphatic carbocycles. The Morgan fingerprint density at radius 3 is 2.26 bits per heavy atom. The van der Waals surface area contributed by atoms with Crippen LogP contribution in [0.15, 0.2) is 0 Å². The molecule has 0 radical (unpaired) electrons. The quantitative estimate of drug-likeness (QED) is 0.260. The third kappa shape index (κ3) is 10.2. The normalized spacial score (nSPS) is 19.1. The van der Waals surface area contributed by atoms with Crippen molar-refractivity contribution in [1.29, 1.82) is 0 Å². The summed E-state index contributed by atoms with van der Waals surface area (Å²) in [5.41, 5.74) is 0. The van der Waals surface area contributed by atoms with Crippen LogP contribution < -0.4 is 10.6 Å². The zero-order valence-electron chi connectivity index (χ0n) is 25.0. The molecule has 0 spiro atoms. The first-order valence-electron chi connectivity index (χ1n) is 14.0. The van der Waals surface area contributed by atoms with Crippen LogP contribution >= 0.6 is 0 Å². The van der Waals surface area contributed by atoms with E-state index in [9.17, 15) is 24.0 Å². The van der Waals surface area contributed by atoms with E-state index >= 15 is 0 Å². The van der Waals surface area contributed by atoms with E-state index in [0.717, 1.165) is 12.8 Å². The number of likely N-dealkylation sites (N-methyl/N-ethyl adjacent to an activating group) is 1. The lowest BCUT2D eigenvalue weighted by atomic mass is 9.90. The Balaban J connectivity index is 3.00. The summed E-state index contributed by atoms with van der Waals surface area (Å²) >= 11 is 0. The summed E-state index contributed by atoms with van der Waals surface area (Å²) in [4.78, 5) is 65.0. The number of hydrogen-bond donors (Lipinski definition) is 2. The van der Waals surface area contributed by atoms with Gasteiger partial charge in [-0.3, -0.25) is 19.2 Å². The molecule has 0 aromatic rings. The molecule has 0 saturated carbocycles. The predicted molar refractivity (Wildman–Crippen MR) is 148 cm³/mol. The van der Waals surface area contributed by atoms with Crippen molar-refractivity contribution in [3.8, 4) is 0 Å². The Labute approximate surface area is 233 Å². The molecule has 6 unspecified atom stereocenters. The van der Waals surface area contributed by atoms with Gasteiger partial charge in [-0.05, 0) is 24.7 Å². The Morgan fingerprint density at radius 2 is 1.72 bits per heavy atom. The summed E-state index contributed by atoms with van der Waals surface area (Å²) in [6.45, 7) is 10.0. The van der Waals surface area contributed by atoms with Crippen LogP contribution in [0.1, 0.15) is 66.7 Å². The summed E-state index contributed by atoms with van der Waals surface area (Å²) in [6.07, 6.45) is 2.33. The predicted octanol–water partition coefficient (Wildman–Crippen LogP) is 1.38. The number of hydrogen-bond acceptors (Lipinski definition) is 7. The van der Waals surface area contributed by atoms with Gasteiger partial charge in [0.2, 0.25) is 23.6 Å². The van der Waals surface area contributed by atoms with Crippen molar-refractivity contribution < 1.29 is 33.4 Å². The van der Waals surface area contributed by atoms with Crippen LogP contribution in [0.4, 0.5) is 0 Å². The van der Waals surface area contributed by atoms with Crippen molar-refractivity contribution in [1.82, 2.24) is 20.4 Å². The highest BCUT2D eigenvalue weighted by Gasteiger charge is 2.41. The van der Waals surface area contributed by atoms with Crippen LogP contribution in [-0.2, 0) is 33.4 Å². The van der Waals surface area contributed by atoms with Crippen LogP contribution in [0.25, 0.3) is 0 Å². The van der Waals surface area contributed by atoms with E-state index in [1.165, 1.54) is 7.11 Å². The van der Waals surface area contributed by atoms with Crippen molar-refractivity contribution in [3.05, 3.63) is 0 Å². The second-order valence-electron chi connectivity index (χ2n) is 10.9. The Hall–Kier alpha value is -2.53. The van der Waals surface area contributed by atoms with Gasteiger partial charge in [-0.2, -0.15) is 0 Å². The molecular weight excluding hydrogens is 504 g/mol. The first kappa shape index (κ1) is 34.5. The fourth-order valence-electron chi connectivity index (χ4n) is 5.37. The average molecular weight is 555 g/mol. The number of amides is 4. The van der Waals surface area contributed by atoms with Crippen molar-refractivity contribution in [2.75, 3.05) is 40.9 Å². The van der Waals surface area contributed by atoms with Gasteiger partial charge in [0.1, 0.15) is 6.29 Å². The lowest BCUT2D eigenvalue weighted by molar-refractivity contribution is -0.146. The van der Waals surface area contributed by atoms with Gasteiger partial charge < -0.3 is 34.7 Å². The third-order valence-corrected chi connectivity index (χ3v) is 7.69. The van der Waals surface area contributed by atoms with Crippen molar-refractivity contribution in [3.63, 3.8) is 0 Å². The maximum absolute atomic E-state index is 13.6. The summed E-state index contributed by atoms with van der Waals surface area (Å²) in [5.74, 6) is -1.20. The number of likely N-dealkylation sites (tertiary alicyclic amines) is 1. The van der Waals surface area contributed by atoms with Gasteiger partial charge >= 0.3 is 0 Å². The first-order valence-corrected chi connectivity index (χ1v) is 14.0. The average Bonchev–Trinajstić information content (AvgIpc) is 3.39. The first-order chi connectivity index (χ1) is 18.4.